The number of aromatic nitrogens is 3. The molecule has 3 nitrogen and oxygen atoms in total. The molecule has 0 spiro atoms. The van der Waals surface area contributed by atoms with Crippen LogP contribution in [-0.4, -0.2) is 15.8 Å². The molecule has 15 heavy (non-hydrogen) atoms. The lowest BCUT2D eigenvalue weighted by Gasteiger charge is -2.47. The SMILES string of the molecule is CC(C)C1(c2c[nH+]n(C)n2)CC(F)(F)C1. The Morgan fingerprint density at radius 2 is 2.07 bits per heavy atom. The van der Waals surface area contributed by atoms with Gasteiger partial charge < -0.3 is 0 Å². The molecule has 0 atom stereocenters. The Hall–Kier alpha value is -1.00. The van der Waals surface area contributed by atoms with Crippen LogP contribution in [0.2, 0.25) is 0 Å². The Kier molecular flexibility index (Phi) is 2.10. The average Bonchev–Trinajstić information content (AvgIpc) is 2.46. The molecule has 0 aromatic carbocycles. The first kappa shape index (κ1) is 10.5. The van der Waals surface area contributed by atoms with Crippen molar-refractivity contribution in [1.82, 2.24) is 9.90 Å². The van der Waals surface area contributed by atoms with Crippen LogP contribution in [0.5, 0.6) is 0 Å². The van der Waals surface area contributed by atoms with Gasteiger partial charge in [-0.05, 0) is 5.92 Å². The zero-order valence-electron chi connectivity index (χ0n) is 9.22. The van der Waals surface area contributed by atoms with Crippen molar-refractivity contribution in [2.45, 2.75) is 38.0 Å². The van der Waals surface area contributed by atoms with Crippen molar-refractivity contribution in [1.29, 1.82) is 0 Å². The Morgan fingerprint density at radius 1 is 1.47 bits per heavy atom. The van der Waals surface area contributed by atoms with Gasteiger partial charge in [0.2, 0.25) is 11.6 Å². The molecule has 0 amide bonds. The molecule has 5 heteroatoms. The molecule has 0 aliphatic heterocycles. The van der Waals surface area contributed by atoms with Crippen LogP contribution in [0.15, 0.2) is 6.20 Å². The van der Waals surface area contributed by atoms with Crippen molar-refractivity contribution in [2.75, 3.05) is 0 Å². The summed E-state index contributed by atoms with van der Waals surface area (Å²) < 4.78 is 26.1. The number of hydrogen-bond acceptors (Lipinski definition) is 1. The van der Waals surface area contributed by atoms with Crippen LogP contribution in [0.25, 0.3) is 0 Å². The highest BCUT2D eigenvalue weighted by atomic mass is 19.3. The van der Waals surface area contributed by atoms with E-state index in [0.717, 1.165) is 5.69 Å². The number of aromatic amines is 1. The van der Waals surface area contributed by atoms with Gasteiger partial charge in [-0.3, -0.25) is 0 Å². The third-order valence-electron chi connectivity index (χ3n) is 3.41. The Labute approximate surface area is 87.5 Å². The van der Waals surface area contributed by atoms with Crippen molar-refractivity contribution in [2.24, 2.45) is 13.0 Å². The van der Waals surface area contributed by atoms with E-state index in [1.54, 1.807) is 18.0 Å². The summed E-state index contributed by atoms with van der Waals surface area (Å²) in [7, 11) is 1.76. The Balaban J connectivity index is 2.30. The van der Waals surface area contributed by atoms with Gasteiger partial charge in [0, 0.05) is 17.9 Å². The molecule has 1 aliphatic carbocycles. The molecular weight excluding hydrogens is 200 g/mol. The summed E-state index contributed by atoms with van der Waals surface area (Å²) in [6, 6.07) is 0. The Bertz CT molecular complexity index is 362. The quantitative estimate of drug-likeness (QED) is 0.738. The first-order valence-corrected chi connectivity index (χ1v) is 5.16. The van der Waals surface area contributed by atoms with Crippen molar-refractivity contribution in [3.05, 3.63) is 11.9 Å². The fraction of sp³-hybridized carbons (Fsp3) is 0.800. The van der Waals surface area contributed by atoms with Gasteiger partial charge in [0.1, 0.15) is 0 Å². The third kappa shape index (κ3) is 1.54. The van der Waals surface area contributed by atoms with Crippen molar-refractivity contribution in [3.8, 4) is 0 Å². The molecular formula is C10H16F2N3+. The fourth-order valence-electron chi connectivity index (χ4n) is 2.37. The molecule has 0 radical (unpaired) electrons. The lowest BCUT2D eigenvalue weighted by molar-refractivity contribution is -0.492. The second-order valence-corrected chi connectivity index (χ2v) is 4.80. The molecule has 1 aromatic heterocycles. The lowest BCUT2D eigenvalue weighted by Crippen LogP contribution is -2.52. The highest BCUT2D eigenvalue weighted by molar-refractivity contribution is 5.21. The van der Waals surface area contributed by atoms with Crippen LogP contribution in [-0.2, 0) is 12.5 Å². The van der Waals surface area contributed by atoms with E-state index in [2.05, 4.69) is 10.2 Å². The average molecular weight is 216 g/mol. The predicted octanol–water partition coefficient (Wildman–Crippen LogP) is 1.56. The summed E-state index contributed by atoms with van der Waals surface area (Å²) in [5.41, 5.74) is 0.312. The van der Waals surface area contributed by atoms with Crippen molar-refractivity contribution < 1.29 is 13.9 Å². The predicted molar refractivity (Wildman–Crippen MR) is 50.5 cm³/mol. The molecule has 1 aromatic rings. The monoisotopic (exact) mass is 216 g/mol. The van der Waals surface area contributed by atoms with E-state index in [-0.39, 0.29) is 18.8 Å². The number of nitrogens with zero attached hydrogens (tertiary/aromatic N) is 2. The topological polar surface area (TPSA) is 32.0 Å². The molecule has 1 aliphatic rings. The van der Waals surface area contributed by atoms with Crippen LogP contribution in [0.1, 0.15) is 32.4 Å². The zero-order valence-corrected chi connectivity index (χ0v) is 9.22. The minimum atomic E-state index is -2.51. The zero-order chi connectivity index (χ0) is 11.3. The number of hydrogen-bond donors (Lipinski definition) is 0. The third-order valence-corrected chi connectivity index (χ3v) is 3.41. The van der Waals surface area contributed by atoms with Gasteiger partial charge in [0.05, 0.1) is 12.5 Å². The summed E-state index contributed by atoms with van der Waals surface area (Å²) in [5, 5.41) is 7.10. The maximum atomic E-state index is 13.0. The minimum Gasteiger partial charge on any atom is -0.207 e. The van der Waals surface area contributed by atoms with Crippen LogP contribution in [0.4, 0.5) is 8.78 Å². The number of alkyl halides is 2. The standard InChI is InChI=1S/C10H15F2N3/c1-7(2)9(5-10(11,12)6-9)8-4-13-15(3)14-8/h4,7H,5-6H2,1-3H3/p+1. The lowest BCUT2D eigenvalue weighted by atomic mass is 9.58. The molecule has 0 unspecified atom stereocenters. The maximum absolute atomic E-state index is 13.0. The molecule has 84 valence electrons. The van der Waals surface area contributed by atoms with Gasteiger partial charge in [-0.15, -0.1) is 0 Å². The van der Waals surface area contributed by atoms with Gasteiger partial charge >= 0.3 is 0 Å². The number of H-pyrrole nitrogens is 1. The smallest absolute Gasteiger partial charge is 0.207 e. The molecule has 1 heterocycles. The normalized spacial score (nSPS) is 22.8. The number of aryl methyl sites for hydroxylation is 1. The number of nitrogens with one attached hydrogen (secondary N) is 1. The van der Waals surface area contributed by atoms with E-state index in [0.29, 0.717) is 0 Å². The van der Waals surface area contributed by atoms with Crippen molar-refractivity contribution >= 4 is 0 Å². The van der Waals surface area contributed by atoms with E-state index in [1.165, 1.54) is 0 Å². The molecule has 0 bridgehead atoms. The van der Waals surface area contributed by atoms with E-state index >= 15 is 0 Å². The first-order valence-electron chi connectivity index (χ1n) is 5.16. The highest BCUT2D eigenvalue weighted by Gasteiger charge is 2.62. The van der Waals surface area contributed by atoms with Gasteiger partial charge in [-0.2, -0.15) is 5.10 Å². The summed E-state index contributed by atoms with van der Waals surface area (Å²) in [5.74, 6) is -2.33. The summed E-state index contributed by atoms with van der Waals surface area (Å²) >= 11 is 0. The molecule has 1 fully saturated rings. The molecule has 1 saturated carbocycles. The van der Waals surface area contributed by atoms with Crippen LogP contribution < -0.4 is 5.10 Å². The first-order chi connectivity index (χ1) is 6.86. The van der Waals surface area contributed by atoms with Gasteiger partial charge in [-0.1, -0.05) is 18.6 Å². The van der Waals surface area contributed by atoms with E-state index in [4.69, 9.17) is 0 Å². The fourth-order valence-corrected chi connectivity index (χ4v) is 2.37. The molecule has 2 rings (SSSR count). The molecule has 0 saturated heterocycles. The summed E-state index contributed by atoms with van der Waals surface area (Å²) in [6.45, 7) is 3.95. The van der Waals surface area contributed by atoms with E-state index in [9.17, 15) is 8.78 Å². The van der Waals surface area contributed by atoms with Crippen LogP contribution >= 0.6 is 0 Å². The van der Waals surface area contributed by atoms with Gasteiger partial charge in [0.15, 0.2) is 6.20 Å². The minimum absolute atomic E-state index is 0.0808. The number of rotatable bonds is 2. The van der Waals surface area contributed by atoms with E-state index in [1.807, 2.05) is 13.8 Å². The molecule has 1 N–H and O–H groups in total. The van der Waals surface area contributed by atoms with E-state index < -0.39 is 11.3 Å². The second kappa shape index (κ2) is 3.00. The second-order valence-electron chi connectivity index (χ2n) is 4.80. The highest BCUT2D eigenvalue weighted by Crippen LogP contribution is 2.56. The van der Waals surface area contributed by atoms with Gasteiger partial charge in [-0.25, -0.2) is 8.78 Å². The summed E-state index contributed by atoms with van der Waals surface area (Å²) in [4.78, 5) is 1.55. The number of halogens is 2. The van der Waals surface area contributed by atoms with Gasteiger partial charge in [0.25, 0.3) is 0 Å². The van der Waals surface area contributed by atoms with Crippen LogP contribution in [0, 0.1) is 5.92 Å². The summed E-state index contributed by atoms with van der Waals surface area (Å²) in [6.07, 6.45) is 1.57. The van der Waals surface area contributed by atoms with Crippen molar-refractivity contribution in [3.63, 3.8) is 0 Å². The Morgan fingerprint density at radius 3 is 2.40 bits per heavy atom. The largest absolute Gasteiger partial charge is 0.250 e. The maximum Gasteiger partial charge on any atom is 0.250 e. The van der Waals surface area contributed by atoms with Crippen LogP contribution in [0.3, 0.4) is 0 Å².